The molecule has 2 N–H and O–H groups in total. The summed E-state index contributed by atoms with van der Waals surface area (Å²) in [6.07, 6.45) is 0.800. The van der Waals surface area contributed by atoms with E-state index in [0.717, 1.165) is 22.3 Å². The van der Waals surface area contributed by atoms with Gasteiger partial charge in [0.25, 0.3) is 0 Å². The zero-order chi connectivity index (χ0) is 21.5. The summed E-state index contributed by atoms with van der Waals surface area (Å²) in [4.78, 5) is 23.7. The van der Waals surface area contributed by atoms with Crippen LogP contribution in [0.4, 0.5) is 4.79 Å². The predicted molar refractivity (Wildman–Crippen MR) is 121 cm³/mol. The van der Waals surface area contributed by atoms with E-state index in [1.54, 1.807) is 6.92 Å². The van der Waals surface area contributed by atoms with Crippen molar-refractivity contribution in [2.24, 2.45) is 0 Å². The second-order valence-electron chi connectivity index (χ2n) is 6.53. The largest absolute Gasteiger partial charge is 0.341 e. The molecule has 0 aliphatic heterocycles. The fourth-order valence-electron chi connectivity index (χ4n) is 2.76. The zero-order valence-corrected chi connectivity index (χ0v) is 19.0. The summed E-state index contributed by atoms with van der Waals surface area (Å²) in [5.41, 5.74) is 2.14. The topological polar surface area (TPSA) is 88.9 Å². The number of imide groups is 1. The number of nitrogens with zero attached hydrogens (tertiary/aromatic N) is 3. The lowest BCUT2D eigenvalue weighted by Crippen LogP contribution is -2.41. The summed E-state index contributed by atoms with van der Waals surface area (Å²) >= 11 is 4.73. The van der Waals surface area contributed by atoms with Crippen molar-refractivity contribution in [2.45, 2.75) is 30.3 Å². The van der Waals surface area contributed by atoms with Crippen LogP contribution in [-0.2, 0) is 17.8 Å². The third kappa shape index (κ3) is 5.70. The normalized spacial score (nSPS) is 11.7. The number of amides is 3. The van der Waals surface area contributed by atoms with E-state index in [1.807, 2.05) is 47.0 Å². The number of halogens is 1. The quantitative estimate of drug-likeness (QED) is 0.493. The molecule has 1 heterocycles. The number of benzene rings is 2. The average molecular weight is 488 g/mol. The maximum atomic E-state index is 12.3. The average Bonchev–Trinajstić information content (AvgIpc) is 3.15. The van der Waals surface area contributed by atoms with Gasteiger partial charge in [0.2, 0.25) is 5.91 Å². The van der Waals surface area contributed by atoms with Gasteiger partial charge in [0.15, 0.2) is 11.0 Å². The van der Waals surface area contributed by atoms with E-state index in [4.69, 9.17) is 0 Å². The summed E-state index contributed by atoms with van der Waals surface area (Å²) in [7, 11) is 1.46. The van der Waals surface area contributed by atoms with Gasteiger partial charge in [-0.15, -0.1) is 10.2 Å². The lowest BCUT2D eigenvalue weighted by molar-refractivity contribution is -0.119. The Kier molecular flexibility index (Phi) is 7.64. The Bertz CT molecular complexity index is 1010. The molecule has 3 amide bonds. The van der Waals surface area contributed by atoms with Crippen molar-refractivity contribution in [3.63, 3.8) is 0 Å². The number of carbonyl (C=O) groups excluding carboxylic acids is 2. The lowest BCUT2D eigenvalue weighted by atomic mass is 10.1. The smallest absolute Gasteiger partial charge is 0.321 e. The Balaban J connectivity index is 1.85. The number of rotatable bonds is 7. The molecule has 2 aromatic carbocycles. The summed E-state index contributed by atoms with van der Waals surface area (Å²) in [5, 5.41) is 13.5. The number of nitrogens with one attached hydrogen (secondary N) is 2. The van der Waals surface area contributed by atoms with Gasteiger partial charge in [-0.25, -0.2) is 4.79 Å². The molecule has 0 radical (unpaired) electrons. The van der Waals surface area contributed by atoms with E-state index in [0.29, 0.717) is 11.7 Å². The van der Waals surface area contributed by atoms with Gasteiger partial charge >= 0.3 is 6.03 Å². The minimum Gasteiger partial charge on any atom is -0.341 e. The molecule has 7 nitrogen and oxygen atoms in total. The highest BCUT2D eigenvalue weighted by atomic mass is 79.9. The Hall–Kier alpha value is -2.65. The number of carbonyl (C=O) groups is 2. The van der Waals surface area contributed by atoms with Gasteiger partial charge in [-0.05, 0) is 31.0 Å². The summed E-state index contributed by atoms with van der Waals surface area (Å²) in [6, 6.07) is 17.5. The molecular weight excluding hydrogens is 466 g/mol. The van der Waals surface area contributed by atoms with E-state index in [1.165, 1.54) is 24.4 Å². The molecule has 0 saturated heterocycles. The van der Waals surface area contributed by atoms with Gasteiger partial charge in [-0.1, -0.05) is 70.2 Å². The number of hydrogen-bond donors (Lipinski definition) is 2. The molecule has 1 atom stereocenters. The molecule has 1 aromatic heterocycles. The van der Waals surface area contributed by atoms with Crippen molar-refractivity contribution in [3.8, 4) is 11.4 Å². The lowest BCUT2D eigenvalue weighted by Gasteiger charge is -2.13. The molecule has 0 bridgehead atoms. The Morgan fingerprint density at radius 3 is 2.47 bits per heavy atom. The van der Waals surface area contributed by atoms with E-state index in [2.05, 4.69) is 48.9 Å². The van der Waals surface area contributed by atoms with Gasteiger partial charge in [0.05, 0.1) is 5.25 Å². The van der Waals surface area contributed by atoms with Crippen molar-refractivity contribution in [2.75, 3.05) is 7.05 Å². The van der Waals surface area contributed by atoms with E-state index in [-0.39, 0.29) is 5.91 Å². The van der Waals surface area contributed by atoms with Gasteiger partial charge in [-0.2, -0.15) is 0 Å². The number of urea groups is 1. The van der Waals surface area contributed by atoms with Crippen LogP contribution in [0.25, 0.3) is 11.4 Å². The number of aromatic nitrogens is 3. The molecule has 0 fully saturated rings. The van der Waals surface area contributed by atoms with Crippen LogP contribution in [0.5, 0.6) is 0 Å². The molecule has 156 valence electrons. The maximum Gasteiger partial charge on any atom is 0.321 e. The molecular formula is C21H22BrN5O2S. The summed E-state index contributed by atoms with van der Waals surface area (Å²) < 4.78 is 3.00. The maximum absolute atomic E-state index is 12.3. The van der Waals surface area contributed by atoms with Crippen LogP contribution in [0, 0.1) is 0 Å². The second kappa shape index (κ2) is 10.4. The van der Waals surface area contributed by atoms with E-state index < -0.39 is 11.3 Å². The highest BCUT2D eigenvalue weighted by Crippen LogP contribution is 2.28. The fourth-order valence-corrected chi connectivity index (χ4v) is 3.90. The molecule has 0 unspecified atom stereocenters. The van der Waals surface area contributed by atoms with Crippen LogP contribution in [0.2, 0.25) is 0 Å². The Morgan fingerprint density at radius 1 is 1.10 bits per heavy atom. The van der Waals surface area contributed by atoms with Gasteiger partial charge in [0.1, 0.15) is 0 Å². The first kappa shape index (κ1) is 22.0. The van der Waals surface area contributed by atoms with Crippen LogP contribution in [0.3, 0.4) is 0 Å². The first-order valence-electron chi connectivity index (χ1n) is 9.40. The number of hydrogen-bond acceptors (Lipinski definition) is 5. The molecule has 9 heteroatoms. The molecule has 3 aromatic rings. The standard InChI is InChI=1S/C21H22BrN5O2S/c1-14(19(28)24-20(29)23-2)30-21-26-25-18(16-8-10-17(22)11-9-16)27(21)13-12-15-6-4-3-5-7-15/h3-11,14H,12-13H2,1-2H3,(H2,23,24,28,29)/t14-/m1/s1. The van der Waals surface area contributed by atoms with Crippen LogP contribution in [-0.4, -0.2) is 39.0 Å². The highest BCUT2D eigenvalue weighted by Gasteiger charge is 2.22. The zero-order valence-electron chi connectivity index (χ0n) is 16.6. The Labute approximate surface area is 187 Å². The van der Waals surface area contributed by atoms with Gasteiger partial charge in [0, 0.05) is 23.6 Å². The van der Waals surface area contributed by atoms with Crippen LogP contribution in [0.15, 0.2) is 64.2 Å². The van der Waals surface area contributed by atoms with Crippen LogP contribution >= 0.6 is 27.7 Å². The van der Waals surface area contributed by atoms with Gasteiger partial charge in [-0.3, -0.25) is 10.1 Å². The molecule has 3 rings (SSSR count). The third-order valence-electron chi connectivity index (χ3n) is 4.40. The van der Waals surface area contributed by atoms with Crippen LogP contribution < -0.4 is 10.6 Å². The number of thioether (sulfide) groups is 1. The van der Waals surface area contributed by atoms with E-state index >= 15 is 0 Å². The van der Waals surface area contributed by atoms with E-state index in [9.17, 15) is 9.59 Å². The third-order valence-corrected chi connectivity index (χ3v) is 6.01. The monoisotopic (exact) mass is 487 g/mol. The Morgan fingerprint density at radius 2 is 1.80 bits per heavy atom. The molecule has 0 spiro atoms. The first-order valence-corrected chi connectivity index (χ1v) is 11.1. The minimum absolute atomic E-state index is 0.387. The van der Waals surface area contributed by atoms with Gasteiger partial charge < -0.3 is 9.88 Å². The predicted octanol–water partition coefficient (Wildman–Crippen LogP) is 3.89. The molecule has 0 aliphatic carbocycles. The molecule has 0 saturated carbocycles. The SMILES string of the molecule is CNC(=O)NC(=O)[C@@H](C)Sc1nnc(-c2ccc(Br)cc2)n1CCc1ccccc1. The summed E-state index contributed by atoms with van der Waals surface area (Å²) in [5.74, 6) is 0.349. The first-order chi connectivity index (χ1) is 14.5. The summed E-state index contributed by atoms with van der Waals surface area (Å²) in [6.45, 7) is 2.40. The highest BCUT2D eigenvalue weighted by molar-refractivity contribution is 9.10. The molecule has 30 heavy (non-hydrogen) atoms. The second-order valence-corrected chi connectivity index (χ2v) is 8.75. The molecule has 0 aliphatic rings. The minimum atomic E-state index is -0.534. The van der Waals surface area contributed by atoms with Crippen molar-refractivity contribution < 1.29 is 9.59 Å². The van der Waals surface area contributed by atoms with Crippen LogP contribution in [0.1, 0.15) is 12.5 Å². The van der Waals surface area contributed by atoms with Crippen molar-refractivity contribution >= 4 is 39.6 Å². The number of aryl methyl sites for hydroxylation is 1. The fraction of sp³-hybridized carbons (Fsp3) is 0.238. The van der Waals surface area contributed by atoms with Crippen molar-refractivity contribution in [3.05, 3.63) is 64.6 Å². The van der Waals surface area contributed by atoms with Crippen molar-refractivity contribution in [1.29, 1.82) is 0 Å². The van der Waals surface area contributed by atoms with Crippen molar-refractivity contribution in [1.82, 2.24) is 25.4 Å².